The molecular weight excluding hydrogens is 260 g/mol. The molecule has 3 rings (SSSR count). The maximum atomic E-state index is 5.42. The lowest BCUT2D eigenvalue weighted by molar-refractivity contribution is 0.118. The van der Waals surface area contributed by atoms with E-state index in [9.17, 15) is 0 Å². The molecule has 0 radical (unpaired) electrons. The fraction of sp³-hybridized carbons (Fsp3) is 0.667. The number of hydrogen-bond donors (Lipinski definition) is 1. The van der Waals surface area contributed by atoms with Crippen LogP contribution in [0.15, 0.2) is 18.2 Å². The lowest BCUT2D eigenvalue weighted by Crippen LogP contribution is -2.46. The summed E-state index contributed by atoms with van der Waals surface area (Å²) in [5, 5.41) is 3.71. The highest BCUT2D eigenvalue weighted by Crippen LogP contribution is 2.38. The van der Waals surface area contributed by atoms with Crippen molar-refractivity contribution in [3.8, 4) is 5.75 Å². The minimum Gasteiger partial charge on any atom is -0.497 e. The Bertz CT molecular complexity index is 480. The quantitative estimate of drug-likeness (QED) is 0.922. The topological polar surface area (TPSA) is 24.5 Å². The first-order valence-corrected chi connectivity index (χ1v) is 8.37. The molecule has 1 aliphatic carbocycles. The molecule has 2 unspecified atom stereocenters. The molecule has 1 saturated heterocycles. The van der Waals surface area contributed by atoms with Gasteiger partial charge in [-0.05, 0) is 68.1 Å². The van der Waals surface area contributed by atoms with Gasteiger partial charge in [-0.1, -0.05) is 19.9 Å². The standard InChI is InChI=1S/C18H28N2O/c1-4-19-18-16-12-15(21-3)6-5-14(16)11-17(18)20-9-7-13(2)8-10-20/h5-6,12-13,17-19H,4,7-11H2,1-3H3. The Morgan fingerprint density at radius 2 is 2.05 bits per heavy atom. The molecule has 1 N–H and O–H groups in total. The van der Waals surface area contributed by atoms with Gasteiger partial charge in [0.05, 0.1) is 7.11 Å². The molecule has 0 bridgehead atoms. The third-order valence-corrected chi connectivity index (χ3v) is 5.21. The van der Waals surface area contributed by atoms with Crippen LogP contribution < -0.4 is 10.1 Å². The highest BCUT2D eigenvalue weighted by molar-refractivity contribution is 5.43. The molecule has 0 aromatic heterocycles. The molecule has 0 amide bonds. The van der Waals surface area contributed by atoms with E-state index in [1.54, 1.807) is 7.11 Å². The number of benzene rings is 1. The second-order valence-corrected chi connectivity index (χ2v) is 6.59. The van der Waals surface area contributed by atoms with Gasteiger partial charge in [-0.25, -0.2) is 0 Å². The van der Waals surface area contributed by atoms with Crippen molar-refractivity contribution in [3.63, 3.8) is 0 Å². The van der Waals surface area contributed by atoms with Crippen molar-refractivity contribution in [2.75, 3.05) is 26.7 Å². The minimum atomic E-state index is 0.452. The Balaban J connectivity index is 1.82. The summed E-state index contributed by atoms with van der Waals surface area (Å²) in [5.41, 5.74) is 2.94. The molecule has 3 heteroatoms. The highest BCUT2D eigenvalue weighted by Gasteiger charge is 2.37. The zero-order valence-corrected chi connectivity index (χ0v) is 13.6. The average molecular weight is 288 g/mol. The van der Waals surface area contributed by atoms with Crippen molar-refractivity contribution in [1.82, 2.24) is 10.2 Å². The van der Waals surface area contributed by atoms with Crippen LogP contribution in [0, 0.1) is 5.92 Å². The Morgan fingerprint density at radius 1 is 1.29 bits per heavy atom. The molecule has 1 heterocycles. The number of likely N-dealkylation sites (tertiary alicyclic amines) is 1. The Labute approximate surface area is 128 Å². The number of nitrogens with zero attached hydrogens (tertiary/aromatic N) is 1. The summed E-state index contributed by atoms with van der Waals surface area (Å²) < 4.78 is 5.42. The van der Waals surface area contributed by atoms with Crippen LogP contribution in [0.5, 0.6) is 5.75 Å². The molecule has 0 spiro atoms. The Kier molecular flexibility index (Phi) is 4.51. The number of ether oxygens (including phenoxy) is 1. The van der Waals surface area contributed by atoms with Crippen LogP contribution in [0.3, 0.4) is 0 Å². The van der Waals surface area contributed by atoms with E-state index >= 15 is 0 Å². The van der Waals surface area contributed by atoms with Crippen molar-refractivity contribution in [1.29, 1.82) is 0 Å². The summed E-state index contributed by atoms with van der Waals surface area (Å²) >= 11 is 0. The summed E-state index contributed by atoms with van der Waals surface area (Å²) in [6, 6.07) is 7.65. The monoisotopic (exact) mass is 288 g/mol. The SMILES string of the molecule is CCNC1c2cc(OC)ccc2CC1N1CCC(C)CC1. The number of hydrogen-bond acceptors (Lipinski definition) is 3. The normalized spacial score (nSPS) is 26.8. The third kappa shape index (κ3) is 2.95. The zero-order chi connectivity index (χ0) is 14.8. The van der Waals surface area contributed by atoms with Gasteiger partial charge in [-0.2, -0.15) is 0 Å². The van der Waals surface area contributed by atoms with Crippen molar-refractivity contribution in [2.24, 2.45) is 5.92 Å². The first-order valence-electron chi connectivity index (χ1n) is 8.37. The van der Waals surface area contributed by atoms with Gasteiger partial charge < -0.3 is 10.1 Å². The summed E-state index contributed by atoms with van der Waals surface area (Å²) in [5.74, 6) is 1.87. The molecule has 0 saturated carbocycles. The molecule has 21 heavy (non-hydrogen) atoms. The van der Waals surface area contributed by atoms with Crippen LogP contribution in [-0.4, -0.2) is 37.7 Å². The zero-order valence-electron chi connectivity index (χ0n) is 13.6. The summed E-state index contributed by atoms with van der Waals surface area (Å²) in [7, 11) is 1.75. The largest absolute Gasteiger partial charge is 0.497 e. The van der Waals surface area contributed by atoms with Crippen molar-refractivity contribution < 1.29 is 4.74 Å². The van der Waals surface area contributed by atoms with E-state index in [0.717, 1.165) is 18.2 Å². The van der Waals surface area contributed by atoms with E-state index in [0.29, 0.717) is 12.1 Å². The number of methoxy groups -OCH3 is 1. The van der Waals surface area contributed by atoms with E-state index in [1.807, 2.05) is 0 Å². The summed E-state index contributed by atoms with van der Waals surface area (Å²) in [4.78, 5) is 2.71. The maximum absolute atomic E-state index is 5.42. The lowest BCUT2D eigenvalue weighted by Gasteiger charge is -2.38. The molecule has 1 fully saturated rings. The van der Waals surface area contributed by atoms with E-state index in [2.05, 4.69) is 42.3 Å². The maximum Gasteiger partial charge on any atom is 0.119 e. The second-order valence-electron chi connectivity index (χ2n) is 6.59. The van der Waals surface area contributed by atoms with Crippen LogP contribution in [0.2, 0.25) is 0 Å². The van der Waals surface area contributed by atoms with Gasteiger partial charge in [0.25, 0.3) is 0 Å². The van der Waals surface area contributed by atoms with Crippen LogP contribution in [-0.2, 0) is 6.42 Å². The van der Waals surface area contributed by atoms with Crippen molar-refractivity contribution in [2.45, 2.75) is 45.2 Å². The predicted octanol–water partition coefficient (Wildman–Crippen LogP) is 3.00. The molecule has 1 aromatic rings. The molecule has 1 aromatic carbocycles. The van der Waals surface area contributed by atoms with Crippen molar-refractivity contribution >= 4 is 0 Å². The first-order chi connectivity index (χ1) is 10.2. The van der Waals surface area contributed by atoms with Gasteiger partial charge in [0.2, 0.25) is 0 Å². The molecular formula is C18H28N2O. The van der Waals surface area contributed by atoms with Gasteiger partial charge in [-0.3, -0.25) is 4.90 Å². The van der Waals surface area contributed by atoms with Gasteiger partial charge in [0.1, 0.15) is 5.75 Å². The van der Waals surface area contributed by atoms with Gasteiger partial charge in [0, 0.05) is 12.1 Å². The van der Waals surface area contributed by atoms with Crippen LogP contribution >= 0.6 is 0 Å². The number of fused-ring (bicyclic) bond motifs is 1. The smallest absolute Gasteiger partial charge is 0.119 e. The fourth-order valence-corrected chi connectivity index (χ4v) is 3.89. The van der Waals surface area contributed by atoms with Gasteiger partial charge in [0.15, 0.2) is 0 Å². The number of likely N-dealkylation sites (N-methyl/N-ethyl adjacent to an activating group) is 1. The molecule has 116 valence electrons. The lowest BCUT2D eigenvalue weighted by atomic mass is 9.96. The molecule has 2 atom stereocenters. The first kappa shape index (κ1) is 14.9. The van der Waals surface area contributed by atoms with Gasteiger partial charge >= 0.3 is 0 Å². The van der Waals surface area contributed by atoms with Crippen molar-refractivity contribution in [3.05, 3.63) is 29.3 Å². The highest BCUT2D eigenvalue weighted by atomic mass is 16.5. The van der Waals surface area contributed by atoms with Crippen LogP contribution in [0.25, 0.3) is 0 Å². The molecule has 2 aliphatic rings. The molecule has 3 nitrogen and oxygen atoms in total. The number of nitrogens with one attached hydrogen (secondary N) is 1. The Morgan fingerprint density at radius 3 is 2.71 bits per heavy atom. The number of piperidine rings is 1. The third-order valence-electron chi connectivity index (χ3n) is 5.21. The summed E-state index contributed by atoms with van der Waals surface area (Å²) in [6.45, 7) is 8.10. The summed E-state index contributed by atoms with van der Waals surface area (Å²) in [6.07, 6.45) is 3.86. The average Bonchev–Trinajstić information content (AvgIpc) is 2.86. The van der Waals surface area contributed by atoms with Crippen LogP contribution in [0.4, 0.5) is 0 Å². The predicted molar refractivity (Wildman–Crippen MR) is 86.9 cm³/mol. The van der Waals surface area contributed by atoms with E-state index < -0.39 is 0 Å². The van der Waals surface area contributed by atoms with E-state index in [1.165, 1.54) is 43.5 Å². The molecule has 1 aliphatic heterocycles. The van der Waals surface area contributed by atoms with E-state index in [4.69, 9.17) is 4.74 Å². The van der Waals surface area contributed by atoms with E-state index in [-0.39, 0.29) is 0 Å². The Hall–Kier alpha value is -1.06. The van der Waals surface area contributed by atoms with Gasteiger partial charge in [-0.15, -0.1) is 0 Å². The minimum absolute atomic E-state index is 0.452. The fourth-order valence-electron chi connectivity index (χ4n) is 3.89. The van der Waals surface area contributed by atoms with Crippen LogP contribution in [0.1, 0.15) is 43.9 Å². The second kappa shape index (κ2) is 6.37. The number of rotatable bonds is 4.